The van der Waals surface area contributed by atoms with Crippen LogP contribution < -0.4 is 15.8 Å². The second kappa shape index (κ2) is 8.79. The van der Waals surface area contributed by atoms with Crippen LogP contribution in [0.3, 0.4) is 0 Å². The van der Waals surface area contributed by atoms with Crippen molar-refractivity contribution in [1.29, 1.82) is 0 Å². The fourth-order valence-corrected chi connectivity index (χ4v) is 5.38. The maximum absolute atomic E-state index is 12.8. The van der Waals surface area contributed by atoms with Gasteiger partial charge < -0.3 is 14.5 Å². The number of nitrogens with zero attached hydrogens (tertiary/aromatic N) is 2. The number of hydrogen-bond donors (Lipinski definition) is 1. The molecule has 0 atom stereocenters. The van der Waals surface area contributed by atoms with Crippen molar-refractivity contribution in [3.05, 3.63) is 52.5 Å². The minimum atomic E-state index is -3.62. The third-order valence-corrected chi connectivity index (χ3v) is 7.43. The van der Waals surface area contributed by atoms with Crippen LogP contribution in [0.4, 0.5) is 5.69 Å². The van der Waals surface area contributed by atoms with E-state index in [4.69, 9.17) is 9.15 Å². The third kappa shape index (κ3) is 4.28. The van der Waals surface area contributed by atoms with Gasteiger partial charge in [0.2, 0.25) is 15.9 Å². The van der Waals surface area contributed by atoms with E-state index in [1.54, 1.807) is 18.2 Å². The molecule has 0 saturated carbocycles. The van der Waals surface area contributed by atoms with Gasteiger partial charge in [-0.1, -0.05) is 6.07 Å². The van der Waals surface area contributed by atoms with Gasteiger partial charge in [0.15, 0.2) is 5.58 Å². The molecule has 0 aliphatic carbocycles. The Morgan fingerprint density at radius 3 is 2.62 bits per heavy atom. The molecule has 3 aromatic rings. The number of methoxy groups -OCH3 is 1. The smallest absolute Gasteiger partial charge is 0.419 e. The monoisotopic (exact) mass is 459 g/mol. The van der Waals surface area contributed by atoms with Gasteiger partial charge in [0.05, 0.1) is 23.2 Å². The van der Waals surface area contributed by atoms with Crippen LogP contribution in [0.15, 0.2) is 50.5 Å². The summed E-state index contributed by atoms with van der Waals surface area (Å²) in [5.74, 6) is -0.387. The number of carbonyl (C=O) groups excluding carboxylic acids is 1. The zero-order valence-corrected chi connectivity index (χ0v) is 18.8. The van der Waals surface area contributed by atoms with Crippen molar-refractivity contribution in [2.24, 2.45) is 0 Å². The topological polar surface area (TPSA) is 111 Å². The van der Waals surface area contributed by atoms with Crippen LogP contribution >= 0.6 is 0 Å². The van der Waals surface area contributed by atoms with Crippen molar-refractivity contribution >= 4 is 32.7 Å². The molecule has 1 fully saturated rings. The Kier molecular flexibility index (Phi) is 6.07. The van der Waals surface area contributed by atoms with Crippen LogP contribution in [0.25, 0.3) is 11.1 Å². The van der Waals surface area contributed by atoms with Crippen LogP contribution in [0.1, 0.15) is 24.8 Å². The highest BCUT2D eigenvalue weighted by molar-refractivity contribution is 7.89. The summed E-state index contributed by atoms with van der Waals surface area (Å²) in [4.78, 5) is 24.9. The number of rotatable bonds is 7. The van der Waals surface area contributed by atoms with Crippen molar-refractivity contribution in [1.82, 2.24) is 8.87 Å². The predicted octanol–water partition coefficient (Wildman–Crippen LogP) is 2.72. The number of nitrogens with one attached hydrogen (secondary N) is 1. The Labute approximate surface area is 185 Å². The Morgan fingerprint density at radius 2 is 1.91 bits per heavy atom. The summed E-state index contributed by atoms with van der Waals surface area (Å²) in [6, 6.07) is 9.84. The average Bonchev–Trinajstić information content (AvgIpc) is 3.40. The number of fused-ring (bicyclic) bond motifs is 1. The largest absolute Gasteiger partial charge is 0.495 e. The van der Waals surface area contributed by atoms with Crippen molar-refractivity contribution in [3.8, 4) is 5.75 Å². The molecule has 170 valence electrons. The lowest BCUT2D eigenvalue weighted by molar-refractivity contribution is -0.116. The molecule has 0 unspecified atom stereocenters. The Balaban J connectivity index is 1.51. The summed E-state index contributed by atoms with van der Waals surface area (Å²) >= 11 is 0. The zero-order chi connectivity index (χ0) is 22.9. The number of sulfonamides is 1. The fourth-order valence-electron chi connectivity index (χ4n) is 3.84. The third-order valence-electron chi connectivity index (χ3n) is 5.53. The van der Waals surface area contributed by atoms with Gasteiger partial charge in [-0.3, -0.25) is 9.36 Å². The zero-order valence-electron chi connectivity index (χ0n) is 18.0. The van der Waals surface area contributed by atoms with Crippen LogP contribution in [0, 0.1) is 6.92 Å². The van der Waals surface area contributed by atoms with Crippen LogP contribution in [-0.2, 0) is 21.4 Å². The molecule has 0 spiro atoms. The highest BCUT2D eigenvalue weighted by Crippen LogP contribution is 2.26. The Bertz CT molecular complexity index is 1320. The van der Waals surface area contributed by atoms with E-state index in [2.05, 4.69) is 5.32 Å². The summed E-state index contributed by atoms with van der Waals surface area (Å²) in [5, 5.41) is 2.80. The van der Waals surface area contributed by atoms with E-state index in [0.29, 0.717) is 30.0 Å². The summed E-state index contributed by atoms with van der Waals surface area (Å²) in [7, 11) is -2.09. The molecule has 1 amide bonds. The second-order valence-electron chi connectivity index (χ2n) is 7.76. The molecule has 4 rings (SSSR count). The fraction of sp³-hybridized carbons (Fsp3) is 0.364. The van der Waals surface area contributed by atoms with Gasteiger partial charge in [-0.15, -0.1) is 0 Å². The van der Waals surface area contributed by atoms with Gasteiger partial charge in [0.25, 0.3) is 0 Å². The lowest BCUT2D eigenvalue weighted by Gasteiger charge is -2.15. The molecule has 2 heterocycles. The normalized spacial score (nSPS) is 14.7. The maximum Gasteiger partial charge on any atom is 0.419 e. The van der Waals surface area contributed by atoms with Gasteiger partial charge in [0, 0.05) is 32.1 Å². The van der Waals surface area contributed by atoms with Crippen LogP contribution in [0.2, 0.25) is 0 Å². The van der Waals surface area contributed by atoms with E-state index >= 15 is 0 Å². The van der Waals surface area contributed by atoms with Crippen molar-refractivity contribution < 1.29 is 22.4 Å². The number of anilines is 1. The molecule has 0 radical (unpaired) electrons. The number of amides is 1. The van der Waals surface area contributed by atoms with Crippen LogP contribution in [0.5, 0.6) is 5.75 Å². The van der Waals surface area contributed by atoms with E-state index in [0.717, 1.165) is 18.4 Å². The van der Waals surface area contributed by atoms with Crippen molar-refractivity contribution in [3.63, 3.8) is 0 Å². The highest BCUT2D eigenvalue weighted by Gasteiger charge is 2.28. The summed E-state index contributed by atoms with van der Waals surface area (Å²) in [6.45, 7) is 2.98. The number of hydrogen-bond acceptors (Lipinski definition) is 6. The van der Waals surface area contributed by atoms with E-state index in [-0.39, 0.29) is 29.4 Å². The van der Waals surface area contributed by atoms with Gasteiger partial charge in [0.1, 0.15) is 5.75 Å². The lowest BCUT2D eigenvalue weighted by atomic mass is 10.2. The molecule has 0 bridgehead atoms. The molecule has 10 heteroatoms. The first-order valence-electron chi connectivity index (χ1n) is 10.4. The molecule has 1 saturated heterocycles. The number of oxazole rings is 1. The molecule has 1 aromatic heterocycles. The van der Waals surface area contributed by atoms with E-state index in [9.17, 15) is 18.0 Å². The average molecular weight is 460 g/mol. The minimum absolute atomic E-state index is 0.0272. The van der Waals surface area contributed by atoms with Gasteiger partial charge >= 0.3 is 5.76 Å². The van der Waals surface area contributed by atoms with Gasteiger partial charge in [-0.05, 0) is 49.6 Å². The maximum atomic E-state index is 12.8. The van der Waals surface area contributed by atoms with E-state index in [1.165, 1.54) is 28.1 Å². The molecule has 1 aliphatic rings. The number of ether oxygens (including phenoxy) is 1. The summed E-state index contributed by atoms with van der Waals surface area (Å²) in [5.41, 5.74) is 2.14. The van der Waals surface area contributed by atoms with Gasteiger partial charge in [-0.2, -0.15) is 4.31 Å². The number of aromatic nitrogens is 1. The van der Waals surface area contributed by atoms with E-state index in [1.807, 2.05) is 13.0 Å². The summed E-state index contributed by atoms with van der Waals surface area (Å²) in [6.07, 6.45) is 1.70. The molecule has 1 aliphatic heterocycles. The van der Waals surface area contributed by atoms with Crippen molar-refractivity contribution in [2.45, 2.75) is 37.6 Å². The molecule has 2 aromatic carbocycles. The first-order chi connectivity index (χ1) is 15.3. The second-order valence-corrected chi connectivity index (χ2v) is 9.70. The quantitative estimate of drug-likeness (QED) is 0.582. The molecule has 1 N–H and O–H groups in total. The van der Waals surface area contributed by atoms with Gasteiger partial charge in [-0.25, -0.2) is 13.2 Å². The molecule has 9 nitrogen and oxygen atoms in total. The molecular weight excluding hydrogens is 434 g/mol. The van der Waals surface area contributed by atoms with Crippen molar-refractivity contribution in [2.75, 3.05) is 25.5 Å². The van der Waals surface area contributed by atoms with Crippen LogP contribution in [-0.4, -0.2) is 43.4 Å². The molecule has 32 heavy (non-hydrogen) atoms. The Hall–Kier alpha value is -3.11. The van der Waals surface area contributed by atoms with E-state index < -0.39 is 15.8 Å². The summed E-state index contributed by atoms with van der Waals surface area (Å²) < 4.78 is 38.8. The SMILES string of the molecule is COc1ccc(C)cc1NC(=O)CCn1c(=O)oc2cc(S(=O)(=O)N3CCCC3)ccc21. The predicted molar refractivity (Wildman–Crippen MR) is 119 cm³/mol. The number of carbonyl (C=O) groups is 1. The number of aryl methyl sites for hydroxylation is 2. The first-order valence-corrected chi connectivity index (χ1v) is 11.8. The highest BCUT2D eigenvalue weighted by atomic mass is 32.2. The minimum Gasteiger partial charge on any atom is -0.495 e. The molecular formula is C22H25N3O6S. The standard InChI is InChI=1S/C22H25N3O6S/c1-15-5-8-19(30-2)17(13-15)23-21(26)9-12-25-18-7-6-16(14-20(18)31-22(25)27)32(28,29)24-10-3-4-11-24/h5-8,13-14H,3-4,9-12H2,1-2H3,(H,23,26). The lowest BCUT2D eigenvalue weighted by Crippen LogP contribution is -2.27. The number of benzene rings is 2. The Morgan fingerprint density at radius 1 is 1.16 bits per heavy atom. The first kappa shape index (κ1) is 22.1.